The minimum atomic E-state index is 0.0150. The Balaban J connectivity index is 1.40. The number of pyridine rings is 1. The van der Waals surface area contributed by atoms with Crippen LogP contribution in [0, 0.1) is 5.41 Å². The van der Waals surface area contributed by atoms with Crippen molar-refractivity contribution in [2.45, 2.75) is 48.5 Å². The molecule has 5 rings (SSSR count). The monoisotopic (exact) mass is 478 g/mol. The molecule has 2 aliphatic heterocycles. The fourth-order valence-electron chi connectivity index (χ4n) is 4.63. The van der Waals surface area contributed by atoms with Gasteiger partial charge in [0.25, 0.3) is 0 Å². The van der Waals surface area contributed by atoms with Gasteiger partial charge in [-0.05, 0) is 30.7 Å². The highest BCUT2D eigenvalue weighted by Crippen LogP contribution is 2.45. The summed E-state index contributed by atoms with van der Waals surface area (Å²) in [5, 5.41) is 0.558. The predicted octanol–water partition coefficient (Wildman–Crippen LogP) is 4.95. The van der Waals surface area contributed by atoms with Crippen LogP contribution in [0.1, 0.15) is 33.1 Å². The van der Waals surface area contributed by atoms with Gasteiger partial charge in [0.05, 0.1) is 22.1 Å². The van der Waals surface area contributed by atoms with Gasteiger partial charge in [0.1, 0.15) is 5.82 Å². The highest BCUT2D eigenvalue weighted by atomic mass is 35.5. The van der Waals surface area contributed by atoms with Gasteiger partial charge in [0.2, 0.25) is 5.95 Å². The number of aromatic nitrogens is 4. The molecule has 7 nitrogen and oxygen atoms in total. The molecule has 5 heterocycles. The molecule has 0 saturated carbocycles. The van der Waals surface area contributed by atoms with Gasteiger partial charge in [-0.15, -0.1) is 0 Å². The summed E-state index contributed by atoms with van der Waals surface area (Å²) in [7, 11) is 0. The maximum Gasteiger partial charge on any atom is 0.211 e. The number of ether oxygens (including phenoxy) is 1. The summed E-state index contributed by atoms with van der Waals surface area (Å²) < 4.78 is 8.29. The molecule has 2 aliphatic rings. The van der Waals surface area contributed by atoms with Crippen LogP contribution in [-0.2, 0) is 4.74 Å². The molecule has 2 N–H and O–H groups in total. The number of nitrogen functional groups attached to an aromatic ring is 1. The predicted molar refractivity (Wildman–Crippen MR) is 124 cm³/mol. The lowest BCUT2D eigenvalue weighted by molar-refractivity contribution is -0.0164. The molecule has 2 saturated heterocycles. The average molecular weight is 479 g/mol. The molecule has 3 aromatic heterocycles. The number of nitrogens with two attached hydrogens (primary N) is 1. The first kappa shape index (κ1) is 21.1. The van der Waals surface area contributed by atoms with E-state index in [1.807, 2.05) is 16.8 Å². The number of nitrogens with zero attached hydrogens (tertiary/aromatic N) is 5. The van der Waals surface area contributed by atoms with E-state index < -0.39 is 0 Å². The van der Waals surface area contributed by atoms with Crippen LogP contribution in [0.25, 0.3) is 5.65 Å². The van der Waals surface area contributed by atoms with E-state index >= 15 is 0 Å². The number of fused-ring (bicyclic) bond motifs is 1. The molecule has 31 heavy (non-hydrogen) atoms. The van der Waals surface area contributed by atoms with Gasteiger partial charge >= 0.3 is 0 Å². The third-order valence-electron chi connectivity index (χ3n) is 6.02. The van der Waals surface area contributed by atoms with E-state index in [4.69, 9.17) is 38.7 Å². The van der Waals surface area contributed by atoms with Crippen molar-refractivity contribution in [3.8, 4) is 0 Å². The van der Waals surface area contributed by atoms with Crippen LogP contribution in [0.3, 0.4) is 0 Å². The quantitative estimate of drug-likeness (QED) is 0.533. The Kier molecular flexibility index (Phi) is 5.24. The second-order valence-corrected chi connectivity index (χ2v) is 10.9. The third-order valence-corrected chi connectivity index (χ3v) is 7.94. The van der Waals surface area contributed by atoms with Crippen LogP contribution >= 0.6 is 35.0 Å². The lowest BCUT2D eigenvalue weighted by atomic mass is 9.79. The van der Waals surface area contributed by atoms with Crippen molar-refractivity contribution < 1.29 is 4.74 Å². The Labute approximate surface area is 195 Å². The van der Waals surface area contributed by atoms with Gasteiger partial charge < -0.3 is 15.4 Å². The van der Waals surface area contributed by atoms with Gasteiger partial charge in [-0.25, -0.2) is 15.0 Å². The fraction of sp³-hybridized carbons (Fsp3) is 0.476. The van der Waals surface area contributed by atoms with Crippen molar-refractivity contribution in [1.82, 2.24) is 19.4 Å². The molecule has 0 atom stereocenters. The van der Waals surface area contributed by atoms with Crippen molar-refractivity contribution >= 4 is 52.4 Å². The number of imidazole rings is 1. The normalized spacial score (nSPS) is 20.1. The van der Waals surface area contributed by atoms with Gasteiger partial charge in [0.15, 0.2) is 10.8 Å². The molecule has 3 aromatic rings. The minimum absolute atomic E-state index is 0.0150. The van der Waals surface area contributed by atoms with Gasteiger partial charge in [-0.2, -0.15) is 0 Å². The van der Waals surface area contributed by atoms with E-state index in [1.165, 1.54) is 11.8 Å². The van der Waals surface area contributed by atoms with Crippen molar-refractivity contribution in [2.75, 3.05) is 30.3 Å². The Morgan fingerprint density at radius 3 is 2.65 bits per heavy atom. The van der Waals surface area contributed by atoms with Gasteiger partial charge in [-0.3, -0.25) is 4.40 Å². The molecule has 2 fully saturated rings. The number of halogens is 2. The van der Waals surface area contributed by atoms with Crippen molar-refractivity contribution in [1.29, 1.82) is 0 Å². The lowest BCUT2D eigenvalue weighted by Crippen LogP contribution is -2.45. The Bertz CT molecular complexity index is 1140. The van der Waals surface area contributed by atoms with Crippen molar-refractivity contribution in [3.05, 3.63) is 34.8 Å². The molecule has 0 aliphatic carbocycles. The van der Waals surface area contributed by atoms with E-state index in [-0.39, 0.29) is 16.2 Å². The van der Waals surface area contributed by atoms with E-state index in [1.54, 1.807) is 12.3 Å². The van der Waals surface area contributed by atoms with Gasteiger partial charge in [0, 0.05) is 36.6 Å². The summed E-state index contributed by atoms with van der Waals surface area (Å²) >= 11 is 13.8. The first-order chi connectivity index (χ1) is 14.8. The largest absolute Gasteiger partial charge is 0.384 e. The average Bonchev–Trinajstić information content (AvgIpc) is 3.32. The molecule has 0 radical (unpaired) electrons. The van der Waals surface area contributed by atoms with Crippen LogP contribution in [0.4, 0.5) is 11.8 Å². The Morgan fingerprint density at radius 2 is 1.94 bits per heavy atom. The first-order valence-electron chi connectivity index (χ1n) is 10.3. The fourth-order valence-corrected chi connectivity index (χ4v) is 6.05. The van der Waals surface area contributed by atoms with Crippen LogP contribution in [0.2, 0.25) is 10.2 Å². The molecular formula is C21H24Cl2N6OS. The molecule has 0 bridgehead atoms. The third kappa shape index (κ3) is 3.95. The summed E-state index contributed by atoms with van der Waals surface area (Å²) in [5.74, 6) is 1.21. The van der Waals surface area contributed by atoms with Crippen LogP contribution < -0.4 is 10.6 Å². The zero-order valence-corrected chi connectivity index (χ0v) is 19.8. The molecule has 0 amide bonds. The number of anilines is 2. The van der Waals surface area contributed by atoms with E-state index in [0.717, 1.165) is 60.3 Å². The molecular weight excluding hydrogens is 455 g/mol. The smallest absolute Gasteiger partial charge is 0.211 e. The zero-order valence-electron chi connectivity index (χ0n) is 17.4. The van der Waals surface area contributed by atoms with Crippen molar-refractivity contribution in [2.24, 2.45) is 5.41 Å². The summed E-state index contributed by atoms with van der Waals surface area (Å²) in [6.07, 6.45) is 8.70. The minimum Gasteiger partial charge on any atom is -0.384 e. The van der Waals surface area contributed by atoms with E-state index in [0.29, 0.717) is 10.8 Å². The summed E-state index contributed by atoms with van der Waals surface area (Å²) in [6, 6.07) is 1.71. The number of rotatable bonds is 3. The molecule has 0 aromatic carbocycles. The Hall–Kier alpha value is -1.74. The maximum absolute atomic E-state index is 6.33. The molecule has 1 spiro atoms. The highest BCUT2D eigenvalue weighted by molar-refractivity contribution is 7.99. The first-order valence-corrected chi connectivity index (χ1v) is 11.8. The molecule has 164 valence electrons. The highest BCUT2D eigenvalue weighted by Gasteiger charge is 2.46. The van der Waals surface area contributed by atoms with Crippen LogP contribution in [-0.4, -0.2) is 44.7 Å². The lowest BCUT2D eigenvalue weighted by Gasteiger charge is -2.39. The van der Waals surface area contributed by atoms with Crippen LogP contribution in [0.5, 0.6) is 0 Å². The number of hydrogen-bond donors (Lipinski definition) is 1. The van der Waals surface area contributed by atoms with E-state index in [2.05, 4.69) is 28.7 Å². The summed E-state index contributed by atoms with van der Waals surface area (Å²) in [5.41, 5.74) is 6.93. The second-order valence-electron chi connectivity index (χ2n) is 9.10. The van der Waals surface area contributed by atoms with E-state index in [9.17, 15) is 0 Å². The van der Waals surface area contributed by atoms with Gasteiger partial charge in [-0.1, -0.05) is 48.8 Å². The maximum atomic E-state index is 6.33. The standard InChI is InChI=1S/C21H24Cl2N6OS/c1-20(2)11-21(30-12-20)3-6-28(7-4-21)19-26-10-14(18-25-5-8-29(18)19)31-13-9-15(24)27-17(23)16(13)22/h5,8-10H,3-4,6-7,11-12H2,1-2H3,(H2,24,27). The Morgan fingerprint density at radius 1 is 1.16 bits per heavy atom. The second kappa shape index (κ2) is 7.69. The molecule has 10 heteroatoms. The van der Waals surface area contributed by atoms with Crippen LogP contribution in [0.15, 0.2) is 34.4 Å². The van der Waals surface area contributed by atoms with Crippen molar-refractivity contribution in [3.63, 3.8) is 0 Å². The summed E-state index contributed by atoms with van der Waals surface area (Å²) in [6.45, 7) is 7.24. The summed E-state index contributed by atoms with van der Waals surface area (Å²) in [4.78, 5) is 17.2. The zero-order chi connectivity index (χ0) is 21.8. The molecule has 0 unspecified atom stereocenters. The number of hydrogen-bond acceptors (Lipinski definition) is 7. The topological polar surface area (TPSA) is 81.6 Å². The number of piperidine rings is 1. The SMILES string of the molecule is CC1(C)COC2(CCN(c3ncc(Sc4cc(N)nc(Cl)c4Cl)c4nccn34)CC2)C1.